The summed E-state index contributed by atoms with van der Waals surface area (Å²) in [6.45, 7) is 3.61. The lowest BCUT2D eigenvalue weighted by Crippen LogP contribution is -2.45. The van der Waals surface area contributed by atoms with Gasteiger partial charge in [0, 0.05) is 46.1 Å². The van der Waals surface area contributed by atoms with Crippen molar-refractivity contribution in [1.29, 1.82) is 0 Å². The van der Waals surface area contributed by atoms with Crippen LogP contribution in [0.2, 0.25) is 0 Å². The van der Waals surface area contributed by atoms with E-state index in [9.17, 15) is 4.79 Å². The standard InChI is InChI=1S/C19H28N2O2/c1-20(2)17-5-3-16(4-6-17)15-18(22)21-11-7-19(8-12-21)9-13-23-14-10-19/h3-6H,7-15H2,1-2H3. The largest absolute Gasteiger partial charge is 0.381 e. The molecule has 0 N–H and O–H groups in total. The van der Waals surface area contributed by atoms with Crippen molar-refractivity contribution in [1.82, 2.24) is 4.90 Å². The third kappa shape index (κ3) is 3.86. The molecule has 0 saturated carbocycles. The normalized spacial score (nSPS) is 20.5. The van der Waals surface area contributed by atoms with Crippen LogP contribution in [0.1, 0.15) is 31.2 Å². The number of nitrogens with zero attached hydrogens (tertiary/aromatic N) is 2. The molecule has 0 atom stereocenters. The number of likely N-dealkylation sites (tertiary alicyclic amines) is 1. The predicted molar refractivity (Wildman–Crippen MR) is 92.8 cm³/mol. The number of rotatable bonds is 3. The Labute approximate surface area is 139 Å². The van der Waals surface area contributed by atoms with Crippen LogP contribution in [0.4, 0.5) is 5.69 Å². The van der Waals surface area contributed by atoms with Gasteiger partial charge in [-0.05, 0) is 48.8 Å². The Balaban J connectivity index is 1.53. The number of piperidine rings is 1. The van der Waals surface area contributed by atoms with Crippen LogP contribution < -0.4 is 4.90 Å². The SMILES string of the molecule is CN(C)c1ccc(CC(=O)N2CCC3(CCOCC3)CC2)cc1. The van der Waals surface area contributed by atoms with Crippen LogP contribution in [0, 0.1) is 5.41 Å². The van der Waals surface area contributed by atoms with E-state index < -0.39 is 0 Å². The van der Waals surface area contributed by atoms with Crippen LogP contribution in [0.3, 0.4) is 0 Å². The van der Waals surface area contributed by atoms with Gasteiger partial charge in [0.2, 0.25) is 5.91 Å². The van der Waals surface area contributed by atoms with E-state index in [0.717, 1.165) is 44.7 Å². The summed E-state index contributed by atoms with van der Waals surface area (Å²) in [4.78, 5) is 16.7. The quantitative estimate of drug-likeness (QED) is 0.859. The van der Waals surface area contributed by atoms with Crippen molar-refractivity contribution in [3.05, 3.63) is 29.8 Å². The number of hydrogen-bond acceptors (Lipinski definition) is 3. The minimum Gasteiger partial charge on any atom is -0.381 e. The molecule has 0 unspecified atom stereocenters. The Morgan fingerprint density at radius 3 is 2.26 bits per heavy atom. The van der Waals surface area contributed by atoms with Crippen molar-refractivity contribution in [3.8, 4) is 0 Å². The number of anilines is 1. The van der Waals surface area contributed by atoms with E-state index in [4.69, 9.17) is 4.74 Å². The van der Waals surface area contributed by atoms with Crippen molar-refractivity contribution in [3.63, 3.8) is 0 Å². The second-order valence-corrected chi connectivity index (χ2v) is 7.23. The van der Waals surface area contributed by atoms with Crippen LogP contribution in [-0.4, -0.2) is 51.2 Å². The average molecular weight is 316 g/mol. The molecule has 0 radical (unpaired) electrons. The van der Waals surface area contributed by atoms with Gasteiger partial charge in [-0.1, -0.05) is 12.1 Å². The monoisotopic (exact) mass is 316 g/mol. The molecule has 1 aromatic carbocycles. The fourth-order valence-electron chi connectivity index (χ4n) is 3.73. The van der Waals surface area contributed by atoms with Crippen LogP contribution in [0.25, 0.3) is 0 Å². The molecule has 2 aliphatic heterocycles. The second kappa shape index (κ2) is 6.91. The lowest BCUT2D eigenvalue weighted by atomic mass is 9.72. The van der Waals surface area contributed by atoms with Gasteiger partial charge in [-0.2, -0.15) is 0 Å². The highest BCUT2D eigenvalue weighted by atomic mass is 16.5. The number of hydrogen-bond donors (Lipinski definition) is 0. The van der Waals surface area contributed by atoms with Crippen LogP contribution in [-0.2, 0) is 16.0 Å². The van der Waals surface area contributed by atoms with Crippen LogP contribution >= 0.6 is 0 Å². The number of carbonyl (C=O) groups is 1. The zero-order valence-corrected chi connectivity index (χ0v) is 14.4. The molecule has 3 rings (SSSR count). The summed E-state index contributed by atoms with van der Waals surface area (Å²) in [5.41, 5.74) is 2.72. The Morgan fingerprint density at radius 2 is 1.70 bits per heavy atom. The minimum absolute atomic E-state index is 0.268. The molecular weight excluding hydrogens is 288 g/mol. The number of amides is 1. The van der Waals surface area contributed by atoms with Crippen LogP contribution in [0.5, 0.6) is 0 Å². The van der Waals surface area contributed by atoms with Crippen molar-refractivity contribution >= 4 is 11.6 Å². The van der Waals surface area contributed by atoms with Gasteiger partial charge in [-0.3, -0.25) is 4.79 Å². The molecule has 4 heteroatoms. The van der Waals surface area contributed by atoms with Gasteiger partial charge in [0.25, 0.3) is 0 Å². The number of ether oxygens (including phenoxy) is 1. The lowest BCUT2D eigenvalue weighted by molar-refractivity contribution is -0.133. The minimum atomic E-state index is 0.268. The Bertz CT molecular complexity index is 523. The lowest BCUT2D eigenvalue weighted by Gasteiger charge is -2.44. The summed E-state index contributed by atoms with van der Waals surface area (Å²) in [5.74, 6) is 0.268. The topological polar surface area (TPSA) is 32.8 Å². The molecule has 2 heterocycles. The van der Waals surface area contributed by atoms with E-state index in [1.165, 1.54) is 18.5 Å². The third-order valence-corrected chi connectivity index (χ3v) is 5.54. The number of benzene rings is 1. The van der Waals surface area contributed by atoms with Gasteiger partial charge in [-0.15, -0.1) is 0 Å². The summed E-state index contributed by atoms with van der Waals surface area (Å²) in [6, 6.07) is 8.29. The highest BCUT2D eigenvalue weighted by Crippen LogP contribution is 2.40. The molecule has 1 spiro atoms. The molecule has 1 aromatic rings. The maximum absolute atomic E-state index is 12.5. The van der Waals surface area contributed by atoms with E-state index in [0.29, 0.717) is 11.8 Å². The first-order chi connectivity index (χ1) is 11.1. The Morgan fingerprint density at radius 1 is 1.09 bits per heavy atom. The summed E-state index contributed by atoms with van der Waals surface area (Å²) >= 11 is 0. The fraction of sp³-hybridized carbons (Fsp3) is 0.632. The zero-order valence-electron chi connectivity index (χ0n) is 14.4. The first kappa shape index (κ1) is 16.3. The fourth-order valence-corrected chi connectivity index (χ4v) is 3.73. The van der Waals surface area contributed by atoms with Crippen molar-refractivity contribution in [2.45, 2.75) is 32.1 Å². The van der Waals surface area contributed by atoms with Gasteiger partial charge < -0.3 is 14.5 Å². The molecule has 0 bridgehead atoms. The third-order valence-electron chi connectivity index (χ3n) is 5.54. The molecule has 1 amide bonds. The Hall–Kier alpha value is -1.55. The van der Waals surface area contributed by atoms with Crippen molar-refractivity contribution in [2.75, 3.05) is 45.3 Å². The molecule has 0 aromatic heterocycles. The van der Waals surface area contributed by atoms with E-state index >= 15 is 0 Å². The maximum Gasteiger partial charge on any atom is 0.226 e. The van der Waals surface area contributed by atoms with E-state index in [1.54, 1.807) is 0 Å². The highest BCUT2D eigenvalue weighted by molar-refractivity contribution is 5.79. The van der Waals surface area contributed by atoms with Crippen molar-refractivity contribution < 1.29 is 9.53 Å². The molecular formula is C19H28N2O2. The molecule has 126 valence electrons. The molecule has 0 aliphatic carbocycles. The molecule has 23 heavy (non-hydrogen) atoms. The Kier molecular flexibility index (Phi) is 4.90. The van der Waals surface area contributed by atoms with Gasteiger partial charge in [0.15, 0.2) is 0 Å². The summed E-state index contributed by atoms with van der Waals surface area (Å²) in [7, 11) is 4.06. The predicted octanol–water partition coefficient (Wildman–Crippen LogP) is 2.71. The first-order valence-electron chi connectivity index (χ1n) is 8.70. The van der Waals surface area contributed by atoms with Gasteiger partial charge in [0.1, 0.15) is 0 Å². The van der Waals surface area contributed by atoms with Gasteiger partial charge in [0.05, 0.1) is 6.42 Å². The zero-order chi connectivity index (χ0) is 16.3. The van der Waals surface area contributed by atoms with Gasteiger partial charge in [-0.25, -0.2) is 0 Å². The van der Waals surface area contributed by atoms with Gasteiger partial charge >= 0.3 is 0 Å². The van der Waals surface area contributed by atoms with E-state index in [1.807, 2.05) is 14.1 Å². The van der Waals surface area contributed by atoms with E-state index in [-0.39, 0.29) is 5.91 Å². The summed E-state index contributed by atoms with van der Waals surface area (Å²) in [6.07, 6.45) is 5.13. The molecule has 2 aliphatic rings. The molecule has 4 nitrogen and oxygen atoms in total. The van der Waals surface area contributed by atoms with Crippen molar-refractivity contribution in [2.24, 2.45) is 5.41 Å². The van der Waals surface area contributed by atoms with Crippen LogP contribution in [0.15, 0.2) is 24.3 Å². The first-order valence-corrected chi connectivity index (χ1v) is 8.70. The molecule has 2 fully saturated rings. The number of carbonyl (C=O) groups excluding carboxylic acids is 1. The second-order valence-electron chi connectivity index (χ2n) is 7.23. The summed E-state index contributed by atoms with van der Waals surface area (Å²) in [5, 5.41) is 0. The smallest absolute Gasteiger partial charge is 0.226 e. The summed E-state index contributed by atoms with van der Waals surface area (Å²) < 4.78 is 5.49. The maximum atomic E-state index is 12.5. The average Bonchev–Trinajstić information content (AvgIpc) is 2.56. The molecule has 2 saturated heterocycles. The van der Waals surface area contributed by atoms with E-state index in [2.05, 4.69) is 34.1 Å². The highest BCUT2D eigenvalue weighted by Gasteiger charge is 2.36.